The summed E-state index contributed by atoms with van der Waals surface area (Å²) >= 11 is 1.32. The summed E-state index contributed by atoms with van der Waals surface area (Å²) in [6, 6.07) is 31.1. The molecular weight excluding hydrogens is 484 g/mol. The third-order valence-electron chi connectivity index (χ3n) is 5.61. The number of benzene rings is 4. The monoisotopic (exact) mass is 510 g/mol. The van der Waals surface area contributed by atoms with Crippen molar-refractivity contribution in [3.05, 3.63) is 103 Å². The number of aromatic nitrogens is 3. The van der Waals surface area contributed by atoms with Crippen molar-refractivity contribution in [3.63, 3.8) is 0 Å². The fraction of sp³-hybridized carbons (Fsp3) is 0.138. The number of para-hydroxylation sites is 1. The van der Waals surface area contributed by atoms with Gasteiger partial charge in [-0.3, -0.25) is 9.36 Å². The molecule has 5 rings (SSSR count). The molecule has 1 amide bonds. The van der Waals surface area contributed by atoms with Crippen molar-refractivity contribution in [2.45, 2.75) is 18.7 Å². The zero-order valence-corrected chi connectivity index (χ0v) is 21.2. The van der Waals surface area contributed by atoms with Gasteiger partial charge >= 0.3 is 0 Å². The van der Waals surface area contributed by atoms with Crippen LogP contribution in [0.2, 0.25) is 0 Å². The number of nitrogens with one attached hydrogen (secondary N) is 1. The fourth-order valence-corrected chi connectivity index (χ4v) is 4.69. The van der Waals surface area contributed by atoms with Crippen LogP contribution in [0.3, 0.4) is 0 Å². The Morgan fingerprint density at radius 3 is 2.38 bits per heavy atom. The minimum Gasteiger partial charge on any atom is -0.494 e. The third kappa shape index (κ3) is 5.92. The Morgan fingerprint density at radius 2 is 1.57 bits per heavy atom. The Bertz CT molecular complexity index is 1480. The zero-order chi connectivity index (χ0) is 25.5. The highest BCUT2D eigenvalue weighted by molar-refractivity contribution is 7.99. The summed E-state index contributed by atoms with van der Waals surface area (Å²) in [6.45, 7) is 2.77. The number of carbonyl (C=O) groups is 1. The van der Waals surface area contributed by atoms with Gasteiger partial charge in [0, 0.05) is 16.8 Å². The van der Waals surface area contributed by atoms with E-state index in [-0.39, 0.29) is 18.3 Å². The van der Waals surface area contributed by atoms with E-state index in [1.54, 1.807) is 0 Å². The van der Waals surface area contributed by atoms with Crippen molar-refractivity contribution < 1.29 is 14.3 Å². The number of hydrogen-bond donors (Lipinski definition) is 1. The lowest BCUT2D eigenvalue weighted by Gasteiger charge is -2.12. The summed E-state index contributed by atoms with van der Waals surface area (Å²) in [6.07, 6.45) is 0. The van der Waals surface area contributed by atoms with E-state index in [0.29, 0.717) is 17.6 Å². The molecule has 0 aliphatic heterocycles. The number of rotatable bonds is 10. The Balaban J connectivity index is 1.35. The molecule has 8 heteroatoms. The van der Waals surface area contributed by atoms with Crippen molar-refractivity contribution >= 4 is 34.1 Å². The second-order valence-corrected chi connectivity index (χ2v) is 9.07. The molecule has 5 aromatic rings. The van der Waals surface area contributed by atoms with Gasteiger partial charge in [-0.05, 0) is 54.8 Å². The summed E-state index contributed by atoms with van der Waals surface area (Å²) in [5, 5.41) is 14.5. The van der Waals surface area contributed by atoms with E-state index in [9.17, 15) is 4.79 Å². The molecule has 1 heterocycles. The fourth-order valence-electron chi connectivity index (χ4n) is 3.92. The second-order valence-electron chi connectivity index (χ2n) is 8.13. The van der Waals surface area contributed by atoms with Gasteiger partial charge in [0.1, 0.15) is 18.1 Å². The second kappa shape index (κ2) is 11.6. The molecule has 0 spiro atoms. The lowest BCUT2D eigenvalue weighted by Crippen LogP contribution is -2.15. The Labute approximate surface area is 219 Å². The molecule has 186 valence electrons. The normalized spacial score (nSPS) is 10.8. The van der Waals surface area contributed by atoms with Crippen molar-refractivity contribution in [2.75, 3.05) is 17.7 Å². The Kier molecular flexibility index (Phi) is 7.66. The number of anilines is 1. The van der Waals surface area contributed by atoms with Crippen LogP contribution < -0.4 is 14.8 Å². The SMILES string of the molecule is CCOc1ccc(-n2c(COc3ccccc3)nnc2SCC(=O)Nc2cccc3ccccc23)cc1. The van der Waals surface area contributed by atoms with Crippen LogP contribution in [0.1, 0.15) is 12.7 Å². The first-order chi connectivity index (χ1) is 18.2. The van der Waals surface area contributed by atoms with Gasteiger partial charge < -0.3 is 14.8 Å². The molecule has 0 unspecified atom stereocenters. The molecule has 0 aliphatic rings. The smallest absolute Gasteiger partial charge is 0.234 e. The molecule has 0 fully saturated rings. The average Bonchev–Trinajstić information content (AvgIpc) is 3.35. The molecular formula is C29H26N4O3S. The average molecular weight is 511 g/mol. The van der Waals surface area contributed by atoms with Crippen LogP contribution in [-0.4, -0.2) is 33.0 Å². The first kappa shape index (κ1) is 24.4. The topological polar surface area (TPSA) is 78.3 Å². The number of hydrogen-bond acceptors (Lipinski definition) is 6. The highest BCUT2D eigenvalue weighted by Gasteiger charge is 2.17. The van der Waals surface area contributed by atoms with Crippen molar-refractivity contribution in [2.24, 2.45) is 0 Å². The molecule has 7 nitrogen and oxygen atoms in total. The van der Waals surface area contributed by atoms with E-state index < -0.39 is 0 Å². The number of nitrogens with zero attached hydrogens (tertiary/aromatic N) is 3. The third-order valence-corrected chi connectivity index (χ3v) is 6.54. The quantitative estimate of drug-likeness (QED) is 0.228. The molecule has 0 radical (unpaired) electrons. The van der Waals surface area contributed by atoms with E-state index in [4.69, 9.17) is 9.47 Å². The van der Waals surface area contributed by atoms with Gasteiger partial charge in [-0.15, -0.1) is 10.2 Å². The van der Waals surface area contributed by atoms with E-state index in [1.165, 1.54) is 11.8 Å². The highest BCUT2D eigenvalue weighted by Crippen LogP contribution is 2.26. The summed E-state index contributed by atoms with van der Waals surface area (Å²) in [5.41, 5.74) is 1.64. The summed E-state index contributed by atoms with van der Waals surface area (Å²) in [4.78, 5) is 12.9. The summed E-state index contributed by atoms with van der Waals surface area (Å²) < 4.78 is 13.4. The molecule has 1 N–H and O–H groups in total. The van der Waals surface area contributed by atoms with E-state index in [1.807, 2.05) is 109 Å². The number of carbonyl (C=O) groups excluding carboxylic acids is 1. The van der Waals surface area contributed by atoms with Gasteiger partial charge in [-0.25, -0.2) is 0 Å². The molecule has 0 bridgehead atoms. The van der Waals surface area contributed by atoms with Gasteiger partial charge in [-0.1, -0.05) is 66.4 Å². The van der Waals surface area contributed by atoms with Crippen LogP contribution in [0.5, 0.6) is 11.5 Å². The molecule has 0 saturated heterocycles. The molecule has 0 atom stereocenters. The van der Waals surface area contributed by atoms with Crippen molar-refractivity contribution in [3.8, 4) is 17.2 Å². The number of fused-ring (bicyclic) bond motifs is 1. The summed E-state index contributed by atoms with van der Waals surface area (Å²) in [7, 11) is 0. The minimum atomic E-state index is -0.121. The van der Waals surface area contributed by atoms with Crippen LogP contribution in [0, 0.1) is 0 Å². The van der Waals surface area contributed by atoms with Crippen LogP contribution in [-0.2, 0) is 11.4 Å². The molecule has 0 saturated carbocycles. The van der Waals surface area contributed by atoms with Crippen molar-refractivity contribution in [1.82, 2.24) is 14.8 Å². The summed E-state index contributed by atoms with van der Waals surface area (Å²) in [5.74, 6) is 2.21. The number of ether oxygens (including phenoxy) is 2. The van der Waals surface area contributed by atoms with Gasteiger partial charge in [0.25, 0.3) is 0 Å². The lowest BCUT2D eigenvalue weighted by atomic mass is 10.1. The maximum atomic E-state index is 12.9. The standard InChI is InChI=1S/C29H26N4O3S/c1-2-35-24-17-15-22(16-18-24)33-27(19-36-23-11-4-3-5-12-23)31-32-29(33)37-20-28(34)30-26-14-8-10-21-9-6-7-13-25(21)26/h3-18H,2,19-20H2,1H3,(H,30,34). The molecule has 0 aliphatic carbocycles. The van der Waals surface area contributed by atoms with Crippen LogP contribution in [0.15, 0.2) is 102 Å². The number of thioether (sulfide) groups is 1. The Hall–Kier alpha value is -4.30. The molecule has 1 aromatic heterocycles. The predicted octanol–water partition coefficient (Wildman–Crippen LogP) is 6.13. The Morgan fingerprint density at radius 1 is 0.838 bits per heavy atom. The maximum absolute atomic E-state index is 12.9. The van der Waals surface area contributed by atoms with E-state index in [0.717, 1.165) is 33.6 Å². The van der Waals surface area contributed by atoms with Crippen LogP contribution >= 0.6 is 11.8 Å². The minimum absolute atomic E-state index is 0.121. The van der Waals surface area contributed by atoms with Crippen molar-refractivity contribution in [1.29, 1.82) is 0 Å². The predicted molar refractivity (Wildman–Crippen MR) is 147 cm³/mol. The number of amides is 1. The lowest BCUT2D eigenvalue weighted by molar-refractivity contribution is -0.113. The highest BCUT2D eigenvalue weighted by atomic mass is 32.2. The van der Waals surface area contributed by atoms with Gasteiger partial charge in [0.15, 0.2) is 11.0 Å². The maximum Gasteiger partial charge on any atom is 0.234 e. The van der Waals surface area contributed by atoms with Gasteiger partial charge in [0.2, 0.25) is 5.91 Å². The zero-order valence-electron chi connectivity index (χ0n) is 20.3. The first-order valence-corrected chi connectivity index (χ1v) is 13.0. The van der Waals surface area contributed by atoms with E-state index >= 15 is 0 Å². The van der Waals surface area contributed by atoms with E-state index in [2.05, 4.69) is 15.5 Å². The largest absolute Gasteiger partial charge is 0.494 e. The molecule has 4 aromatic carbocycles. The van der Waals surface area contributed by atoms with Gasteiger partial charge in [0.05, 0.1) is 12.4 Å². The van der Waals surface area contributed by atoms with Crippen LogP contribution in [0.25, 0.3) is 16.5 Å². The molecule has 37 heavy (non-hydrogen) atoms. The van der Waals surface area contributed by atoms with Crippen LogP contribution in [0.4, 0.5) is 5.69 Å². The van der Waals surface area contributed by atoms with Gasteiger partial charge in [-0.2, -0.15) is 0 Å². The first-order valence-electron chi connectivity index (χ1n) is 12.0.